The van der Waals surface area contributed by atoms with E-state index in [4.69, 9.17) is 0 Å². The summed E-state index contributed by atoms with van der Waals surface area (Å²) in [7, 11) is 0. The number of likely N-dealkylation sites (tertiary alicyclic amines) is 1. The Bertz CT molecular complexity index is 490. The molecule has 1 aliphatic rings. The fourth-order valence-electron chi connectivity index (χ4n) is 2.77. The van der Waals surface area contributed by atoms with E-state index < -0.39 is 0 Å². The number of carbonyl (C=O) groups excluding carboxylic acids is 1. The van der Waals surface area contributed by atoms with Gasteiger partial charge in [0.05, 0.1) is 6.04 Å². The summed E-state index contributed by atoms with van der Waals surface area (Å²) in [5.74, 6) is 0.240. The van der Waals surface area contributed by atoms with Crippen molar-refractivity contribution in [3.8, 4) is 0 Å². The molecule has 0 radical (unpaired) electrons. The summed E-state index contributed by atoms with van der Waals surface area (Å²) in [6.45, 7) is 11.0. The van der Waals surface area contributed by atoms with Gasteiger partial charge >= 0.3 is 0 Å². The fourth-order valence-corrected chi connectivity index (χ4v) is 2.77. The lowest BCUT2D eigenvalue weighted by atomic mass is 10.0. The Morgan fingerprint density at radius 2 is 1.75 bits per heavy atom. The third-order valence-electron chi connectivity index (χ3n) is 4.34. The zero-order chi connectivity index (χ0) is 14.7. The Hall–Kier alpha value is -1.35. The molecule has 0 saturated carbocycles. The molecular formula is C17H26N2O. The number of hydrogen-bond acceptors (Lipinski definition) is 2. The molecule has 1 amide bonds. The van der Waals surface area contributed by atoms with E-state index in [1.54, 1.807) is 0 Å². The largest absolute Gasteiger partial charge is 0.341 e. The van der Waals surface area contributed by atoms with E-state index in [1.165, 1.54) is 22.3 Å². The molecule has 1 aromatic rings. The molecule has 1 heterocycles. The topological polar surface area (TPSA) is 32.3 Å². The average Bonchev–Trinajstić information content (AvgIpc) is 2.94. The van der Waals surface area contributed by atoms with E-state index in [0.717, 1.165) is 32.5 Å². The molecule has 110 valence electrons. The van der Waals surface area contributed by atoms with Crippen molar-refractivity contribution >= 4 is 5.91 Å². The first kappa shape index (κ1) is 15.0. The first-order valence-corrected chi connectivity index (χ1v) is 7.58. The summed E-state index contributed by atoms with van der Waals surface area (Å²) in [5, 5.41) is 3.37. The van der Waals surface area contributed by atoms with Gasteiger partial charge in [0.25, 0.3) is 0 Å². The predicted molar refractivity (Wildman–Crippen MR) is 82.8 cm³/mol. The van der Waals surface area contributed by atoms with E-state index in [2.05, 4.69) is 38.2 Å². The monoisotopic (exact) mass is 274 g/mol. The minimum Gasteiger partial charge on any atom is -0.341 e. The van der Waals surface area contributed by atoms with Crippen LogP contribution in [0, 0.1) is 20.8 Å². The smallest absolute Gasteiger partial charge is 0.239 e. The number of carbonyl (C=O) groups is 1. The van der Waals surface area contributed by atoms with Crippen molar-refractivity contribution in [3.05, 3.63) is 34.4 Å². The lowest BCUT2D eigenvalue weighted by molar-refractivity contribution is -0.131. The Kier molecular flexibility index (Phi) is 4.81. The SMILES string of the molecule is Cc1cc(C)c(CNC(C)C(=O)N2CCCC2)cc1C. The lowest BCUT2D eigenvalue weighted by Gasteiger charge is -2.21. The van der Waals surface area contributed by atoms with Crippen LogP contribution < -0.4 is 5.32 Å². The molecule has 0 aliphatic carbocycles. The van der Waals surface area contributed by atoms with Crippen LogP contribution in [0.1, 0.15) is 42.0 Å². The highest BCUT2D eigenvalue weighted by molar-refractivity contribution is 5.81. The van der Waals surface area contributed by atoms with Gasteiger partial charge in [0.15, 0.2) is 0 Å². The first-order chi connectivity index (χ1) is 9.49. The molecule has 1 aromatic carbocycles. The number of nitrogens with one attached hydrogen (secondary N) is 1. The molecular weight excluding hydrogens is 248 g/mol. The maximum Gasteiger partial charge on any atom is 0.239 e. The molecule has 1 fully saturated rings. The highest BCUT2D eigenvalue weighted by atomic mass is 16.2. The van der Waals surface area contributed by atoms with Gasteiger partial charge in [0.2, 0.25) is 5.91 Å². The van der Waals surface area contributed by atoms with Gasteiger partial charge in [0.1, 0.15) is 0 Å². The van der Waals surface area contributed by atoms with Gasteiger partial charge in [-0.2, -0.15) is 0 Å². The second-order valence-corrected chi connectivity index (χ2v) is 6.00. The number of hydrogen-bond donors (Lipinski definition) is 1. The maximum atomic E-state index is 12.2. The molecule has 1 saturated heterocycles. The number of nitrogens with zero attached hydrogens (tertiary/aromatic N) is 1. The van der Waals surface area contributed by atoms with Crippen LogP contribution in [0.2, 0.25) is 0 Å². The van der Waals surface area contributed by atoms with Crippen LogP contribution in [0.15, 0.2) is 12.1 Å². The van der Waals surface area contributed by atoms with Crippen molar-refractivity contribution in [2.24, 2.45) is 0 Å². The maximum absolute atomic E-state index is 12.2. The zero-order valence-electron chi connectivity index (χ0n) is 13.1. The predicted octanol–water partition coefficient (Wildman–Crippen LogP) is 2.71. The summed E-state index contributed by atoms with van der Waals surface area (Å²) >= 11 is 0. The van der Waals surface area contributed by atoms with Gasteiger partial charge in [-0.3, -0.25) is 4.79 Å². The minimum absolute atomic E-state index is 0.103. The highest BCUT2D eigenvalue weighted by Gasteiger charge is 2.22. The molecule has 1 aliphatic heterocycles. The van der Waals surface area contributed by atoms with E-state index in [-0.39, 0.29) is 11.9 Å². The molecule has 3 nitrogen and oxygen atoms in total. The number of benzene rings is 1. The molecule has 0 aromatic heterocycles. The standard InChI is InChI=1S/C17H26N2O/c1-12-9-14(3)16(10-13(12)2)11-18-15(4)17(20)19-7-5-6-8-19/h9-10,15,18H,5-8,11H2,1-4H3. The van der Waals surface area contributed by atoms with Gasteiger partial charge < -0.3 is 10.2 Å². The van der Waals surface area contributed by atoms with Crippen LogP contribution >= 0.6 is 0 Å². The summed E-state index contributed by atoms with van der Waals surface area (Å²) in [6.07, 6.45) is 2.30. The van der Waals surface area contributed by atoms with Crippen LogP contribution in [0.25, 0.3) is 0 Å². The molecule has 1 unspecified atom stereocenters. The van der Waals surface area contributed by atoms with Gasteiger partial charge in [-0.05, 0) is 62.8 Å². The molecule has 1 N–H and O–H groups in total. The van der Waals surface area contributed by atoms with E-state index in [0.29, 0.717) is 0 Å². The van der Waals surface area contributed by atoms with Gasteiger partial charge in [0, 0.05) is 19.6 Å². The lowest BCUT2D eigenvalue weighted by Crippen LogP contribution is -2.43. The third kappa shape index (κ3) is 3.40. The van der Waals surface area contributed by atoms with E-state index >= 15 is 0 Å². The molecule has 0 spiro atoms. The van der Waals surface area contributed by atoms with Crippen LogP contribution in [-0.4, -0.2) is 29.9 Å². The fraction of sp³-hybridized carbons (Fsp3) is 0.588. The van der Waals surface area contributed by atoms with Crippen molar-refractivity contribution in [3.63, 3.8) is 0 Å². The molecule has 2 rings (SSSR count). The van der Waals surface area contributed by atoms with Gasteiger partial charge in [-0.25, -0.2) is 0 Å². The van der Waals surface area contributed by atoms with E-state index in [1.807, 2.05) is 11.8 Å². The van der Waals surface area contributed by atoms with Crippen LogP contribution in [0.4, 0.5) is 0 Å². The molecule has 0 bridgehead atoms. The molecule has 3 heteroatoms. The van der Waals surface area contributed by atoms with Gasteiger partial charge in [-0.1, -0.05) is 12.1 Å². The normalized spacial score (nSPS) is 16.5. The van der Waals surface area contributed by atoms with Crippen LogP contribution in [-0.2, 0) is 11.3 Å². The number of rotatable bonds is 4. The molecule has 20 heavy (non-hydrogen) atoms. The Morgan fingerprint density at radius 1 is 1.15 bits per heavy atom. The van der Waals surface area contributed by atoms with Crippen LogP contribution in [0.5, 0.6) is 0 Å². The Morgan fingerprint density at radius 3 is 2.40 bits per heavy atom. The zero-order valence-corrected chi connectivity index (χ0v) is 13.1. The second kappa shape index (κ2) is 6.40. The summed E-state index contributed by atoms with van der Waals surface area (Å²) in [4.78, 5) is 14.2. The third-order valence-corrected chi connectivity index (χ3v) is 4.34. The Balaban J connectivity index is 1.94. The second-order valence-electron chi connectivity index (χ2n) is 6.00. The van der Waals surface area contributed by atoms with Crippen molar-refractivity contribution in [2.75, 3.05) is 13.1 Å². The Labute approximate surface area is 122 Å². The van der Waals surface area contributed by atoms with Crippen LogP contribution in [0.3, 0.4) is 0 Å². The summed E-state index contributed by atoms with van der Waals surface area (Å²) < 4.78 is 0. The van der Waals surface area contributed by atoms with Crippen molar-refractivity contribution in [1.29, 1.82) is 0 Å². The average molecular weight is 274 g/mol. The number of aryl methyl sites for hydroxylation is 3. The minimum atomic E-state index is -0.103. The summed E-state index contributed by atoms with van der Waals surface area (Å²) in [5.41, 5.74) is 5.22. The van der Waals surface area contributed by atoms with E-state index in [9.17, 15) is 4.79 Å². The highest BCUT2D eigenvalue weighted by Crippen LogP contribution is 2.15. The first-order valence-electron chi connectivity index (χ1n) is 7.58. The quantitative estimate of drug-likeness (QED) is 0.915. The number of amides is 1. The van der Waals surface area contributed by atoms with Crippen molar-refractivity contribution in [2.45, 2.75) is 53.1 Å². The van der Waals surface area contributed by atoms with Crippen molar-refractivity contribution in [1.82, 2.24) is 10.2 Å². The molecule has 1 atom stereocenters. The van der Waals surface area contributed by atoms with Crippen molar-refractivity contribution < 1.29 is 4.79 Å². The van der Waals surface area contributed by atoms with Gasteiger partial charge in [-0.15, -0.1) is 0 Å². The summed E-state index contributed by atoms with van der Waals surface area (Å²) in [6, 6.07) is 4.35.